The van der Waals surface area contributed by atoms with Crippen LogP contribution in [-0.4, -0.2) is 9.78 Å². The number of hydrogen-bond donors (Lipinski definition) is 1. The largest absolute Gasteiger partial charge is 0.383 e. The predicted molar refractivity (Wildman–Crippen MR) is 58.3 cm³/mol. The molecule has 0 amide bonds. The Morgan fingerprint density at radius 2 is 2.33 bits per heavy atom. The van der Waals surface area contributed by atoms with Crippen LogP contribution in [0.3, 0.4) is 0 Å². The summed E-state index contributed by atoms with van der Waals surface area (Å²) in [6, 6.07) is 2.44. The van der Waals surface area contributed by atoms with Gasteiger partial charge in [-0.05, 0) is 26.2 Å². The fourth-order valence-electron chi connectivity index (χ4n) is 1.73. The Morgan fingerprint density at radius 3 is 2.80 bits per heavy atom. The lowest BCUT2D eigenvalue weighted by Crippen LogP contribution is -2.09. The van der Waals surface area contributed by atoms with Crippen molar-refractivity contribution >= 4 is 5.82 Å². The van der Waals surface area contributed by atoms with E-state index in [1.165, 1.54) is 0 Å². The van der Waals surface area contributed by atoms with E-state index in [9.17, 15) is 0 Å². The molecule has 4 nitrogen and oxygen atoms in total. The first-order valence-corrected chi connectivity index (χ1v) is 5.47. The summed E-state index contributed by atoms with van der Waals surface area (Å²) >= 11 is 0. The van der Waals surface area contributed by atoms with Crippen LogP contribution < -0.4 is 5.73 Å². The molecule has 0 spiro atoms. The van der Waals surface area contributed by atoms with Gasteiger partial charge >= 0.3 is 0 Å². The third-order valence-electron chi connectivity index (χ3n) is 3.06. The minimum absolute atomic E-state index is 0.268. The SMILES string of the molecule is CCC(C)n1nc(C2CC2)c(C#N)c1N. The molecule has 0 radical (unpaired) electrons. The van der Waals surface area contributed by atoms with Crippen LogP contribution >= 0.6 is 0 Å². The first kappa shape index (κ1) is 10.0. The summed E-state index contributed by atoms with van der Waals surface area (Å²) in [6.45, 7) is 4.16. The smallest absolute Gasteiger partial charge is 0.140 e. The Labute approximate surface area is 89.7 Å². The van der Waals surface area contributed by atoms with E-state index in [4.69, 9.17) is 11.0 Å². The molecule has 0 bridgehead atoms. The van der Waals surface area contributed by atoms with Crippen LogP contribution in [0, 0.1) is 11.3 Å². The molecule has 0 saturated heterocycles. The van der Waals surface area contributed by atoms with Gasteiger partial charge in [-0.1, -0.05) is 6.92 Å². The van der Waals surface area contributed by atoms with Crippen LogP contribution in [0.15, 0.2) is 0 Å². The number of hydrogen-bond acceptors (Lipinski definition) is 3. The summed E-state index contributed by atoms with van der Waals surface area (Å²) < 4.78 is 1.80. The van der Waals surface area contributed by atoms with E-state index in [-0.39, 0.29) is 6.04 Å². The maximum atomic E-state index is 9.06. The van der Waals surface area contributed by atoms with E-state index in [0.29, 0.717) is 17.3 Å². The summed E-state index contributed by atoms with van der Waals surface area (Å²) in [4.78, 5) is 0. The Kier molecular flexibility index (Phi) is 2.39. The average Bonchev–Trinajstić information content (AvgIpc) is 3.02. The van der Waals surface area contributed by atoms with Crippen LogP contribution in [-0.2, 0) is 0 Å². The number of nitrogen functional groups attached to an aromatic ring is 1. The second-order valence-electron chi connectivity index (χ2n) is 4.23. The van der Waals surface area contributed by atoms with Gasteiger partial charge in [0, 0.05) is 5.92 Å². The molecule has 1 heterocycles. The van der Waals surface area contributed by atoms with Crippen molar-refractivity contribution in [3.63, 3.8) is 0 Å². The monoisotopic (exact) mass is 204 g/mol. The van der Waals surface area contributed by atoms with Crippen molar-refractivity contribution in [1.82, 2.24) is 9.78 Å². The van der Waals surface area contributed by atoms with E-state index in [1.54, 1.807) is 4.68 Å². The van der Waals surface area contributed by atoms with Gasteiger partial charge in [0.1, 0.15) is 17.5 Å². The normalized spacial score (nSPS) is 17.4. The molecule has 1 unspecified atom stereocenters. The minimum Gasteiger partial charge on any atom is -0.383 e. The summed E-state index contributed by atoms with van der Waals surface area (Å²) in [6.07, 6.45) is 3.26. The second-order valence-corrected chi connectivity index (χ2v) is 4.23. The van der Waals surface area contributed by atoms with E-state index < -0.39 is 0 Å². The molecule has 2 rings (SSSR count). The van der Waals surface area contributed by atoms with Crippen molar-refractivity contribution in [1.29, 1.82) is 5.26 Å². The fourth-order valence-corrected chi connectivity index (χ4v) is 1.73. The van der Waals surface area contributed by atoms with Crippen LogP contribution in [0.25, 0.3) is 0 Å². The Hall–Kier alpha value is -1.50. The number of rotatable bonds is 3. The first-order chi connectivity index (χ1) is 7.19. The van der Waals surface area contributed by atoms with Crippen LogP contribution in [0.1, 0.15) is 56.3 Å². The molecule has 1 atom stereocenters. The molecule has 1 fully saturated rings. The molecule has 2 N–H and O–H groups in total. The molecule has 1 aliphatic rings. The predicted octanol–water partition coefficient (Wildman–Crippen LogP) is 2.19. The lowest BCUT2D eigenvalue weighted by Gasteiger charge is -2.10. The number of anilines is 1. The molecule has 0 aromatic carbocycles. The highest BCUT2D eigenvalue weighted by Gasteiger charge is 2.31. The topological polar surface area (TPSA) is 67.6 Å². The van der Waals surface area contributed by atoms with E-state index in [2.05, 4.69) is 25.0 Å². The summed E-state index contributed by atoms with van der Waals surface area (Å²) in [5.74, 6) is 1.01. The van der Waals surface area contributed by atoms with Crippen molar-refractivity contribution < 1.29 is 0 Å². The maximum absolute atomic E-state index is 9.06. The highest BCUT2D eigenvalue weighted by molar-refractivity contribution is 5.54. The Balaban J connectivity index is 2.45. The standard InChI is InChI=1S/C11H16N4/c1-3-7(2)15-11(13)9(6-12)10(14-15)8-4-5-8/h7-8H,3-5,13H2,1-2H3. The van der Waals surface area contributed by atoms with E-state index in [1.807, 2.05) is 0 Å². The summed E-state index contributed by atoms with van der Waals surface area (Å²) in [7, 11) is 0. The number of aromatic nitrogens is 2. The Bertz CT molecular complexity index is 409. The molecular weight excluding hydrogens is 188 g/mol. The molecule has 15 heavy (non-hydrogen) atoms. The number of nitriles is 1. The van der Waals surface area contributed by atoms with Crippen molar-refractivity contribution in [2.24, 2.45) is 0 Å². The zero-order valence-electron chi connectivity index (χ0n) is 9.20. The lowest BCUT2D eigenvalue weighted by molar-refractivity contribution is 0.480. The van der Waals surface area contributed by atoms with Crippen LogP contribution in [0.4, 0.5) is 5.82 Å². The highest BCUT2D eigenvalue weighted by Crippen LogP contribution is 2.42. The quantitative estimate of drug-likeness (QED) is 0.820. The van der Waals surface area contributed by atoms with Gasteiger partial charge in [-0.25, -0.2) is 4.68 Å². The third-order valence-corrected chi connectivity index (χ3v) is 3.06. The zero-order chi connectivity index (χ0) is 11.0. The van der Waals surface area contributed by atoms with Gasteiger partial charge < -0.3 is 5.73 Å². The van der Waals surface area contributed by atoms with Crippen molar-refractivity contribution in [2.75, 3.05) is 5.73 Å². The molecule has 0 aliphatic heterocycles. The minimum atomic E-state index is 0.268. The Morgan fingerprint density at radius 1 is 1.67 bits per heavy atom. The van der Waals surface area contributed by atoms with Gasteiger partial charge in [-0.15, -0.1) is 0 Å². The first-order valence-electron chi connectivity index (χ1n) is 5.47. The van der Waals surface area contributed by atoms with Gasteiger partial charge in [0.2, 0.25) is 0 Å². The molecule has 4 heteroatoms. The maximum Gasteiger partial charge on any atom is 0.140 e. The fraction of sp³-hybridized carbons (Fsp3) is 0.636. The molecule has 1 aromatic rings. The lowest BCUT2D eigenvalue weighted by atomic mass is 10.2. The molecule has 1 aliphatic carbocycles. The van der Waals surface area contributed by atoms with Gasteiger partial charge in [-0.3, -0.25) is 0 Å². The van der Waals surface area contributed by atoms with Crippen molar-refractivity contribution in [2.45, 2.75) is 45.1 Å². The molecule has 1 aromatic heterocycles. The van der Waals surface area contributed by atoms with Gasteiger partial charge in [0.05, 0.1) is 11.7 Å². The van der Waals surface area contributed by atoms with Crippen LogP contribution in [0.5, 0.6) is 0 Å². The molecule has 1 saturated carbocycles. The van der Waals surface area contributed by atoms with Crippen molar-refractivity contribution in [3.8, 4) is 6.07 Å². The second kappa shape index (κ2) is 3.58. The average molecular weight is 204 g/mol. The zero-order valence-corrected chi connectivity index (χ0v) is 9.20. The van der Waals surface area contributed by atoms with Gasteiger partial charge in [0.25, 0.3) is 0 Å². The van der Waals surface area contributed by atoms with E-state index >= 15 is 0 Å². The van der Waals surface area contributed by atoms with E-state index in [0.717, 1.165) is 25.0 Å². The highest BCUT2D eigenvalue weighted by atomic mass is 15.3. The number of nitrogens with zero attached hydrogens (tertiary/aromatic N) is 3. The summed E-state index contributed by atoms with van der Waals surface area (Å²) in [5.41, 5.74) is 7.44. The molecule has 80 valence electrons. The number of nitrogens with two attached hydrogens (primary N) is 1. The van der Waals surface area contributed by atoms with Gasteiger partial charge in [0.15, 0.2) is 0 Å². The van der Waals surface area contributed by atoms with Crippen LogP contribution in [0.2, 0.25) is 0 Å². The third kappa shape index (κ3) is 1.58. The van der Waals surface area contributed by atoms with Gasteiger partial charge in [-0.2, -0.15) is 10.4 Å². The van der Waals surface area contributed by atoms with Crippen molar-refractivity contribution in [3.05, 3.63) is 11.3 Å². The molecular formula is C11H16N4. The summed E-state index contributed by atoms with van der Waals surface area (Å²) in [5, 5.41) is 13.5.